The first-order valence-electron chi connectivity index (χ1n) is 9.66. The van der Waals surface area contributed by atoms with Gasteiger partial charge in [-0.05, 0) is 42.3 Å². The van der Waals surface area contributed by atoms with Crippen LogP contribution >= 0.6 is 0 Å². The van der Waals surface area contributed by atoms with Gasteiger partial charge in [-0.15, -0.1) is 0 Å². The van der Waals surface area contributed by atoms with E-state index in [-0.39, 0.29) is 12.4 Å². The van der Waals surface area contributed by atoms with E-state index < -0.39 is 18.4 Å². The normalized spacial score (nSPS) is 16.6. The summed E-state index contributed by atoms with van der Waals surface area (Å²) in [7, 11) is 1.29. The van der Waals surface area contributed by atoms with Gasteiger partial charge in [0.05, 0.1) is 7.11 Å². The highest BCUT2D eigenvalue weighted by molar-refractivity contribution is 5.71. The van der Waals surface area contributed by atoms with Crippen LogP contribution < -0.4 is 9.47 Å². The number of rotatable bonds is 6. The maximum absolute atomic E-state index is 11.4. The molecule has 3 aromatic carbocycles. The van der Waals surface area contributed by atoms with Gasteiger partial charge in [-0.3, -0.25) is 0 Å². The topological polar surface area (TPSA) is 94.5 Å². The summed E-state index contributed by atoms with van der Waals surface area (Å²) < 4.78 is 22.3. The third-order valence-corrected chi connectivity index (χ3v) is 5.29. The second kappa shape index (κ2) is 8.29. The lowest BCUT2D eigenvalue weighted by molar-refractivity contribution is -0.142. The predicted octanol–water partition coefficient (Wildman–Crippen LogP) is 3.62. The van der Waals surface area contributed by atoms with Gasteiger partial charge in [-0.25, -0.2) is 4.79 Å². The van der Waals surface area contributed by atoms with Crippen LogP contribution in [0.3, 0.4) is 0 Å². The number of benzene rings is 3. The molecule has 2 N–H and O–H groups in total. The zero-order valence-corrected chi connectivity index (χ0v) is 17.1. The van der Waals surface area contributed by atoms with Gasteiger partial charge in [0, 0.05) is 23.3 Å². The van der Waals surface area contributed by atoms with Crippen molar-refractivity contribution in [2.45, 2.75) is 12.5 Å². The fourth-order valence-electron chi connectivity index (χ4n) is 3.91. The zero-order valence-electron chi connectivity index (χ0n) is 17.1. The summed E-state index contributed by atoms with van der Waals surface area (Å²) in [6.07, 6.45) is 0. The number of aliphatic hydroxyl groups is 1. The highest BCUT2D eigenvalue weighted by atomic mass is 16.6. The maximum atomic E-state index is 11.4. The molecule has 31 heavy (non-hydrogen) atoms. The summed E-state index contributed by atoms with van der Waals surface area (Å²) in [5.74, 6) is 0.719. The van der Waals surface area contributed by atoms with Gasteiger partial charge in [0.1, 0.15) is 29.8 Å². The highest BCUT2D eigenvalue weighted by Gasteiger charge is 2.46. The number of aromatic hydroxyl groups is 1. The molecule has 1 aliphatic heterocycles. The first-order valence-corrected chi connectivity index (χ1v) is 9.66. The molecule has 160 valence electrons. The Labute approximate surface area is 179 Å². The Bertz CT molecular complexity index is 1120. The minimum Gasteiger partial charge on any atom is -0.508 e. The van der Waals surface area contributed by atoms with Crippen LogP contribution in [0.2, 0.25) is 0 Å². The van der Waals surface area contributed by atoms with E-state index in [0.717, 1.165) is 11.1 Å². The number of phenols is 1. The third-order valence-electron chi connectivity index (χ3n) is 5.29. The molecule has 4 rings (SSSR count). The molecule has 7 nitrogen and oxygen atoms in total. The van der Waals surface area contributed by atoms with Crippen molar-refractivity contribution in [1.29, 1.82) is 0 Å². The lowest BCUT2D eigenvalue weighted by Crippen LogP contribution is -2.37. The van der Waals surface area contributed by atoms with Crippen LogP contribution in [0.25, 0.3) is 0 Å². The predicted molar refractivity (Wildman–Crippen MR) is 111 cm³/mol. The summed E-state index contributed by atoms with van der Waals surface area (Å²) in [4.78, 5) is 11.4. The van der Waals surface area contributed by atoms with Crippen molar-refractivity contribution in [3.05, 3.63) is 82.9 Å². The molecule has 1 heterocycles. The van der Waals surface area contributed by atoms with Crippen LogP contribution in [0.4, 0.5) is 0 Å². The molecule has 1 aliphatic rings. The van der Waals surface area contributed by atoms with Crippen molar-refractivity contribution in [3.8, 4) is 23.0 Å². The van der Waals surface area contributed by atoms with Crippen LogP contribution in [-0.2, 0) is 19.9 Å². The fraction of sp³-hybridized carbons (Fsp3) is 0.208. The average molecular weight is 422 g/mol. The molecule has 0 saturated carbocycles. The number of carbonyl (C=O) groups excluding carboxylic acids is 1. The van der Waals surface area contributed by atoms with Gasteiger partial charge >= 0.3 is 5.97 Å². The summed E-state index contributed by atoms with van der Waals surface area (Å²) in [6.45, 7) is 1.16. The lowest BCUT2D eigenvalue weighted by atomic mass is 9.76. The Hall–Kier alpha value is -3.55. The van der Waals surface area contributed by atoms with Gasteiger partial charge in [0.25, 0.3) is 0 Å². The van der Waals surface area contributed by atoms with Crippen LogP contribution in [0.15, 0.2) is 60.7 Å². The molecule has 0 radical (unpaired) electrons. The van der Waals surface area contributed by atoms with Crippen LogP contribution in [-0.4, -0.2) is 36.7 Å². The molecule has 1 unspecified atom stereocenters. The number of aliphatic hydroxyl groups excluding tert-OH is 1. The number of ether oxygens (including phenoxy) is 4. The first kappa shape index (κ1) is 20.7. The number of methoxy groups -OCH3 is 1. The second-order valence-corrected chi connectivity index (χ2v) is 7.07. The fourth-order valence-corrected chi connectivity index (χ4v) is 3.91. The largest absolute Gasteiger partial charge is 0.508 e. The Kier molecular flexibility index (Phi) is 5.54. The maximum Gasteiger partial charge on any atom is 0.343 e. The molecule has 0 amide bonds. The Balaban J connectivity index is 1.93. The minimum atomic E-state index is -1.18. The SMILES string of the molecule is COC(=O)COc1ccc2c(c1)Oc1cc(O)ccc1C2(OCO)c1ccccc1C. The van der Waals surface area contributed by atoms with Crippen LogP contribution in [0.1, 0.15) is 22.3 Å². The van der Waals surface area contributed by atoms with E-state index in [4.69, 9.17) is 14.2 Å². The minimum absolute atomic E-state index is 0.0305. The van der Waals surface area contributed by atoms with Crippen molar-refractivity contribution in [1.82, 2.24) is 0 Å². The van der Waals surface area contributed by atoms with E-state index in [1.165, 1.54) is 13.2 Å². The first-order chi connectivity index (χ1) is 15.0. The molecule has 1 atom stereocenters. The van der Waals surface area contributed by atoms with E-state index in [1.807, 2.05) is 31.2 Å². The van der Waals surface area contributed by atoms with Gasteiger partial charge in [0.2, 0.25) is 0 Å². The lowest BCUT2D eigenvalue weighted by Gasteiger charge is -2.40. The molecule has 0 aromatic heterocycles. The summed E-state index contributed by atoms with van der Waals surface area (Å²) >= 11 is 0. The molecule has 0 spiro atoms. The Morgan fingerprint density at radius 1 is 1.00 bits per heavy atom. The van der Waals surface area contributed by atoms with E-state index in [2.05, 4.69) is 4.74 Å². The number of carbonyl (C=O) groups is 1. The second-order valence-electron chi connectivity index (χ2n) is 7.07. The van der Waals surface area contributed by atoms with Crippen LogP contribution in [0, 0.1) is 6.92 Å². The quantitative estimate of drug-likeness (QED) is 0.463. The molecule has 7 heteroatoms. The van der Waals surface area contributed by atoms with Gasteiger partial charge < -0.3 is 29.2 Å². The molecule has 0 saturated heterocycles. The number of aryl methyl sites for hydroxylation is 1. The highest BCUT2D eigenvalue weighted by Crippen LogP contribution is 2.54. The number of fused-ring (bicyclic) bond motifs is 2. The van der Waals surface area contributed by atoms with E-state index in [0.29, 0.717) is 28.4 Å². The number of phenolic OH excluding ortho intramolecular Hbond substituents is 1. The molecular formula is C24H22O7. The van der Waals surface area contributed by atoms with Crippen molar-refractivity contribution in [2.75, 3.05) is 20.5 Å². The Morgan fingerprint density at radius 2 is 1.71 bits per heavy atom. The molecule has 0 bridgehead atoms. The summed E-state index contributed by atoms with van der Waals surface area (Å²) in [6, 6.07) is 17.6. The molecule has 0 aliphatic carbocycles. The number of hydrogen-bond acceptors (Lipinski definition) is 7. The van der Waals surface area contributed by atoms with Crippen molar-refractivity contribution < 1.29 is 34.0 Å². The van der Waals surface area contributed by atoms with Crippen molar-refractivity contribution >= 4 is 5.97 Å². The summed E-state index contributed by atoms with van der Waals surface area (Å²) in [5, 5.41) is 19.9. The molecular weight excluding hydrogens is 400 g/mol. The van der Waals surface area contributed by atoms with E-state index in [1.54, 1.807) is 30.3 Å². The Morgan fingerprint density at radius 3 is 2.42 bits per heavy atom. The van der Waals surface area contributed by atoms with E-state index >= 15 is 0 Å². The smallest absolute Gasteiger partial charge is 0.343 e. The number of hydrogen-bond donors (Lipinski definition) is 2. The van der Waals surface area contributed by atoms with Gasteiger partial charge in [-0.1, -0.05) is 24.3 Å². The molecule has 0 fully saturated rings. The monoisotopic (exact) mass is 422 g/mol. The van der Waals surface area contributed by atoms with Gasteiger partial charge in [-0.2, -0.15) is 0 Å². The summed E-state index contributed by atoms with van der Waals surface area (Å²) in [5.41, 5.74) is 1.89. The van der Waals surface area contributed by atoms with E-state index in [9.17, 15) is 15.0 Å². The van der Waals surface area contributed by atoms with Crippen molar-refractivity contribution in [3.63, 3.8) is 0 Å². The number of esters is 1. The van der Waals surface area contributed by atoms with Gasteiger partial charge in [0.15, 0.2) is 12.2 Å². The zero-order chi connectivity index (χ0) is 22.0. The van der Waals surface area contributed by atoms with Crippen LogP contribution in [0.5, 0.6) is 23.0 Å². The third kappa shape index (κ3) is 3.58. The van der Waals surface area contributed by atoms with Crippen molar-refractivity contribution in [2.24, 2.45) is 0 Å². The molecule has 3 aromatic rings. The standard InChI is InChI=1S/C24H22O7/c1-15-5-3-4-6-18(15)24(30-14-25)19-9-7-16(26)11-21(19)31-22-12-17(8-10-20(22)24)29-13-23(27)28-2/h3-12,25-26H,13-14H2,1-2H3. The average Bonchev–Trinajstić information content (AvgIpc) is 2.77.